The van der Waals surface area contributed by atoms with E-state index < -0.39 is 0 Å². The Hall–Kier alpha value is -3.29. The molecule has 0 aliphatic rings. The zero-order chi connectivity index (χ0) is 18.5. The number of nitrogens with two attached hydrogens (primary N) is 2. The topological polar surface area (TPSA) is 121 Å². The molecule has 0 fully saturated rings. The molecule has 1 aromatic carbocycles. The Morgan fingerprint density at radius 1 is 1.27 bits per heavy atom. The summed E-state index contributed by atoms with van der Waals surface area (Å²) in [6.45, 7) is 0. The molecule has 0 atom stereocenters. The number of anilines is 4. The van der Waals surface area contributed by atoms with Crippen molar-refractivity contribution in [3.8, 4) is 0 Å². The van der Waals surface area contributed by atoms with Crippen LogP contribution in [0.3, 0.4) is 0 Å². The van der Waals surface area contributed by atoms with Gasteiger partial charge >= 0.3 is 5.97 Å². The van der Waals surface area contributed by atoms with E-state index in [0.717, 1.165) is 30.5 Å². The SMILES string of the molecule is COC(=O)CCCCc1cnn2c(N)cc(Nc3cccc(N)c3)nc12. The number of rotatable bonds is 7. The van der Waals surface area contributed by atoms with E-state index in [-0.39, 0.29) is 5.97 Å². The summed E-state index contributed by atoms with van der Waals surface area (Å²) in [5.41, 5.74) is 15.1. The number of fused-ring (bicyclic) bond motifs is 1. The number of ether oxygens (including phenoxy) is 1. The number of nitrogens with zero attached hydrogens (tertiary/aromatic N) is 3. The maximum absolute atomic E-state index is 11.2. The molecule has 0 aliphatic heterocycles. The monoisotopic (exact) mass is 354 g/mol. The first-order valence-electron chi connectivity index (χ1n) is 8.39. The highest BCUT2D eigenvalue weighted by molar-refractivity contribution is 5.69. The number of unbranched alkanes of at least 4 members (excludes halogenated alkanes) is 1. The normalized spacial score (nSPS) is 10.8. The number of aryl methyl sites for hydroxylation is 1. The van der Waals surface area contributed by atoms with Crippen molar-refractivity contribution in [3.63, 3.8) is 0 Å². The van der Waals surface area contributed by atoms with Gasteiger partial charge in [0.15, 0.2) is 5.65 Å². The smallest absolute Gasteiger partial charge is 0.305 e. The molecule has 0 saturated heterocycles. The first kappa shape index (κ1) is 17.5. The molecule has 8 heteroatoms. The lowest BCUT2D eigenvalue weighted by molar-refractivity contribution is -0.140. The lowest BCUT2D eigenvalue weighted by Gasteiger charge is -2.09. The second-order valence-corrected chi connectivity index (χ2v) is 6.01. The third-order valence-electron chi connectivity index (χ3n) is 4.04. The molecule has 3 aromatic rings. The van der Waals surface area contributed by atoms with Crippen LogP contribution in [0, 0.1) is 0 Å². The maximum Gasteiger partial charge on any atom is 0.305 e. The van der Waals surface area contributed by atoms with Crippen LogP contribution in [0.25, 0.3) is 5.65 Å². The van der Waals surface area contributed by atoms with E-state index in [1.54, 1.807) is 16.8 Å². The second-order valence-electron chi connectivity index (χ2n) is 6.01. The summed E-state index contributed by atoms with van der Waals surface area (Å²) < 4.78 is 6.26. The Bertz CT molecular complexity index is 921. The highest BCUT2D eigenvalue weighted by Crippen LogP contribution is 2.22. The number of carbonyl (C=O) groups is 1. The van der Waals surface area contributed by atoms with E-state index in [2.05, 4.69) is 20.1 Å². The molecule has 0 aliphatic carbocycles. The Labute approximate surface area is 151 Å². The van der Waals surface area contributed by atoms with E-state index in [1.807, 2.05) is 24.3 Å². The van der Waals surface area contributed by atoms with Gasteiger partial charge in [-0.2, -0.15) is 9.61 Å². The standard InChI is InChI=1S/C18H22N6O2/c1-26-17(25)8-3-2-5-12-11-21-24-15(20)10-16(23-18(12)24)22-14-7-4-6-13(19)9-14/h4,6-7,9-11H,2-3,5,8,19-20H2,1H3,(H,22,23). The summed E-state index contributed by atoms with van der Waals surface area (Å²) in [6, 6.07) is 9.14. The van der Waals surface area contributed by atoms with Gasteiger partial charge in [-0.3, -0.25) is 4.79 Å². The molecule has 0 amide bonds. The third-order valence-corrected chi connectivity index (χ3v) is 4.04. The Kier molecular flexibility index (Phi) is 5.21. The molecular formula is C18H22N6O2. The van der Waals surface area contributed by atoms with E-state index in [1.165, 1.54) is 7.11 Å². The van der Waals surface area contributed by atoms with Crippen LogP contribution in [0.1, 0.15) is 24.8 Å². The summed E-state index contributed by atoms with van der Waals surface area (Å²) in [7, 11) is 1.40. The van der Waals surface area contributed by atoms with Crippen LogP contribution in [0.2, 0.25) is 0 Å². The Balaban J connectivity index is 1.76. The number of carbonyl (C=O) groups excluding carboxylic acids is 1. The predicted octanol–water partition coefficient (Wildman–Crippen LogP) is 2.52. The molecule has 0 bridgehead atoms. The number of hydrogen-bond acceptors (Lipinski definition) is 7. The molecule has 0 radical (unpaired) electrons. The van der Waals surface area contributed by atoms with E-state index in [4.69, 9.17) is 11.5 Å². The first-order valence-corrected chi connectivity index (χ1v) is 8.39. The summed E-state index contributed by atoms with van der Waals surface area (Å²) >= 11 is 0. The van der Waals surface area contributed by atoms with Crippen molar-refractivity contribution in [2.45, 2.75) is 25.7 Å². The molecule has 0 saturated carbocycles. The minimum atomic E-state index is -0.194. The fourth-order valence-corrected chi connectivity index (χ4v) is 2.72. The van der Waals surface area contributed by atoms with Gasteiger partial charge in [0.05, 0.1) is 13.3 Å². The van der Waals surface area contributed by atoms with Gasteiger partial charge in [-0.05, 0) is 37.5 Å². The molecular weight excluding hydrogens is 332 g/mol. The number of nitrogen functional groups attached to an aromatic ring is 2. The first-order chi connectivity index (χ1) is 12.6. The van der Waals surface area contributed by atoms with Gasteiger partial charge in [0.1, 0.15) is 11.6 Å². The van der Waals surface area contributed by atoms with E-state index in [9.17, 15) is 4.79 Å². The molecule has 8 nitrogen and oxygen atoms in total. The molecule has 5 N–H and O–H groups in total. The predicted molar refractivity (Wildman–Crippen MR) is 101 cm³/mol. The van der Waals surface area contributed by atoms with Gasteiger partial charge in [0.2, 0.25) is 0 Å². The highest BCUT2D eigenvalue weighted by Gasteiger charge is 2.11. The molecule has 0 spiro atoms. The van der Waals surface area contributed by atoms with E-state index >= 15 is 0 Å². The van der Waals surface area contributed by atoms with Crippen molar-refractivity contribution < 1.29 is 9.53 Å². The average Bonchev–Trinajstić information content (AvgIpc) is 3.02. The molecule has 136 valence electrons. The van der Waals surface area contributed by atoms with Crippen molar-refractivity contribution in [1.29, 1.82) is 0 Å². The van der Waals surface area contributed by atoms with E-state index in [0.29, 0.717) is 29.4 Å². The van der Waals surface area contributed by atoms with Crippen LogP contribution in [0.5, 0.6) is 0 Å². The van der Waals surface area contributed by atoms with Crippen molar-refractivity contribution in [2.75, 3.05) is 23.9 Å². The maximum atomic E-state index is 11.2. The van der Waals surface area contributed by atoms with Gasteiger partial charge in [-0.25, -0.2) is 4.98 Å². The van der Waals surface area contributed by atoms with Crippen LogP contribution < -0.4 is 16.8 Å². The number of benzene rings is 1. The zero-order valence-corrected chi connectivity index (χ0v) is 14.6. The van der Waals surface area contributed by atoms with Gasteiger partial charge in [0, 0.05) is 29.4 Å². The number of methoxy groups -OCH3 is 1. The summed E-state index contributed by atoms with van der Waals surface area (Å²) in [4.78, 5) is 15.8. The second kappa shape index (κ2) is 7.73. The van der Waals surface area contributed by atoms with Crippen LogP contribution in [-0.4, -0.2) is 27.7 Å². The number of aromatic nitrogens is 3. The lowest BCUT2D eigenvalue weighted by atomic mass is 10.1. The van der Waals surface area contributed by atoms with Crippen LogP contribution in [0.4, 0.5) is 23.0 Å². The minimum Gasteiger partial charge on any atom is -0.469 e. The average molecular weight is 354 g/mol. The number of esters is 1. The van der Waals surface area contributed by atoms with Crippen molar-refractivity contribution >= 4 is 34.6 Å². The molecule has 2 aromatic heterocycles. The minimum absolute atomic E-state index is 0.194. The van der Waals surface area contributed by atoms with Gasteiger partial charge < -0.3 is 21.5 Å². The third kappa shape index (κ3) is 4.02. The summed E-state index contributed by atoms with van der Waals surface area (Å²) in [5, 5.41) is 7.51. The largest absolute Gasteiger partial charge is 0.469 e. The van der Waals surface area contributed by atoms with Crippen LogP contribution >= 0.6 is 0 Å². The Morgan fingerprint density at radius 3 is 2.88 bits per heavy atom. The quantitative estimate of drug-likeness (QED) is 0.339. The van der Waals surface area contributed by atoms with Gasteiger partial charge in [-0.1, -0.05) is 6.07 Å². The van der Waals surface area contributed by atoms with Crippen molar-refractivity contribution in [3.05, 3.63) is 42.1 Å². The molecule has 2 heterocycles. The van der Waals surface area contributed by atoms with Crippen molar-refractivity contribution in [2.24, 2.45) is 0 Å². The summed E-state index contributed by atoms with van der Waals surface area (Å²) in [5.74, 6) is 0.917. The van der Waals surface area contributed by atoms with Crippen LogP contribution in [-0.2, 0) is 16.0 Å². The van der Waals surface area contributed by atoms with Gasteiger partial charge in [-0.15, -0.1) is 0 Å². The molecule has 0 unspecified atom stereocenters. The van der Waals surface area contributed by atoms with Crippen molar-refractivity contribution in [1.82, 2.24) is 14.6 Å². The number of hydrogen-bond donors (Lipinski definition) is 3. The Morgan fingerprint density at radius 2 is 2.12 bits per heavy atom. The fourth-order valence-electron chi connectivity index (χ4n) is 2.72. The van der Waals surface area contributed by atoms with Gasteiger partial charge in [0.25, 0.3) is 0 Å². The number of nitrogens with one attached hydrogen (secondary N) is 1. The van der Waals surface area contributed by atoms with Crippen LogP contribution in [0.15, 0.2) is 36.5 Å². The molecule has 3 rings (SSSR count). The fraction of sp³-hybridized carbons (Fsp3) is 0.278. The lowest BCUT2D eigenvalue weighted by Crippen LogP contribution is -2.04. The highest BCUT2D eigenvalue weighted by atomic mass is 16.5. The molecule has 26 heavy (non-hydrogen) atoms. The summed E-state index contributed by atoms with van der Waals surface area (Å²) in [6.07, 6.45) is 4.52. The zero-order valence-electron chi connectivity index (χ0n) is 14.6.